The van der Waals surface area contributed by atoms with Gasteiger partial charge in [-0.05, 0) is 34.5 Å². The van der Waals surface area contributed by atoms with Crippen LogP contribution >= 0.6 is 0 Å². The number of aliphatic hydroxyl groups excluding tert-OH is 1. The molecule has 2 rings (SSSR count). The Morgan fingerprint density at radius 3 is 2.86 bits per heavy atom. The molecule has 0 aromatic heterocycles. The van der Waals surface area contributed by atoms with E-state index in [9.17, 15) is 0 Å². The van der Waals surface area contributed by atoms with Gasteiger partial charge in [0.05, 0.1) is 13.7 Å². The van der Waals surface area contributed by atoms with Crippen molar-refractivity contribution in [1.82, 2.24) is 0 Å². The van der Waals surface area contributed by atoms with E-state index in [0.29, 0.717) is 0 Å². The van der Waals surface area contributed by atoms with Crippen LogP contribution in [0.15, 0.2) is 30.3 Å². The molecule has 2 aromatic carbocycles. The first-order valence-electron chi connectivity index (χ1n) is 4.42. The second-order valence-corrected chi connectivity index (χ2v) is 3.12. The van der Waals surface area contributed by atoms with Crippen LogP contribution in [-0.4, -0.2) is 12.2 Å². The van der Waals surface area contributed by atoms with Crippen LogP contribution in [0, 0.1) is 6.07 Å². The minimum Gasteiger partial charge on any atom is -0.496 e. The highest BCUT2D eigenvalue weighted by molar-refractivity contribution is 5.84. The van der Waals surface area contributed by atoms with Crippen molar-refractivity contribution < 1.29 is 9.84 Å². The molecule has 0 fully saturated rings. The van der Waals surface area contributed by atoms with Gasteiger partial charge in [0.2, 0.25) is 0 Å². The van der Waals surface area contributed by atoms with E-state index in [2.05, 4.69) is 6.07 Å². The lowest BCUT2D eigenvalue weighted by atomic mass is 10.1. The first-order chi connectivity index (χ1) is 6.83. The van der Waals surface area contributed by atoms with Crippen LogP contribution in [0.5, 0.6) is 5.75 Å². The van der Waals surface area contributed by atoms with Crippen molar-refractivity contribution in [2.75, 3.05) is 7.11 Å². The van der Waals surface area contributed by atoms with Crippen LogP contribution in [0.4, 0.5) is 0 Å². The van der Waals surface area contributed by atoms with Gasteiger partial charge in [-0.2, -0.15) is 0 Å². The van der Waals surface area contributed by atoms with E-state index in [1.807, 2.05) is 30.3 Å². The molecular weight excluding hydrogens is 176 g/mol. The predicted molar refractivity (Wildman–Crippen MR) is 55.3 cm³/mol. The third kappa shape index (κ3) is 1.56. The average molecular weight is 187 g/mol. The second kappa shape index (κ2) is 3.68. The van der Waals surface area contributed by atoms with Gasteiger partial charge in [-0.3, -0.25) is 0 Å². The smallest absolute Gasteiger partial charge is 0.127 e. The third-order valence-electron chi connectivity index (χ3n) is 2.21. The van der Waals surface area contributed by atoms with E-state index in [1.165, 1.54) is 0 Å². The minimum atomic E-state index is 0.0714. The first kappa shape index (κ1) is 9.03. The normalized spacial score (nSPS) is 10.4. The van der Waals surface area contributed by atoms with Gasteiger partial charge in [0.25, 0.3) is 0 Å². The summed E-state index contributed by atoms with van der Waals surface area (Å²) in [6.45, 7) is 0.0714. The predicted octanol–water partition coefficient (Wildman–Crippen LogP) is 2.14. The Kier molecular flexibility index (Phi) is 2.37. The summed E-state index contributed by atoms with van der Waals surface area (Å²) < 4.78 is 5.07. The fraction of sp³-hybridized carbons (Fsp3) is 0.167. The van der Waals surface area contributed by atoms with Crippen molar-refractivity contribution in [2.45, 2.75) is 6.61 Å². The first-order valence-corrected chi connectivity index (χ1v) is 4.42. The number of ether oxygens (including phenoxy) is 1. The van der Waals surface area contributed by atoms with Gasteiger partial charge in [-0.15, -0.1) is 0 Å². The Bertz CT molecular complexity index is 406. The largest absolute Gasteiger partial charge is 0.496 e. The summed E-state index contributed by atoms with van der Waals surface area (Å²) in [4.78, 5) is 0. The van der Waals surface area contributed by atoms with Crippen molar-refractivity contribution in [3.05, 3.63) is 42.0 Å². The monoisotopic (exact) mass is 187 g/mol. The number of methoxy groups -OCH3 is 1. The maximum Gasteiger partial charge on any atom is 0.127 e. The average Bonchev–Trinajstić information content (AvgIpc) is 2.27. The Balaban J connectivity index is 2.57. The zero-order chi connectivity index (χ0) is 9.97. The fourth-order valence-electron chi connectivity index (χ4n) is 1.43. The number of hydrogen-bond donors (Lipinski definition) is 1. The van der Waals surface area contributed by atoms with Crippen LogP contribution in [-0.2, 0) is 6.61 Å². The van der Waals surface area contributed by atoms with Gasteiger partial charge in [-0.25, -0.2) is 0 Å². The number of hydrogen-bond acceptors (Lipinski definition) is 2. The molecular formula is C12H11O2. The molecule has 1 N–H and O–H groups in total. The van der Waals surface area contributed by atoms with Gasteiger partial charge in [0, 0.05) is 6.07 Å². The van der Waals surface area contributed by atoms with E-state index in [1.54, 1.807) is 7.11 Å². The zero-order valence-corrected chi connectivity index (χ0v) is 7.95. The summed E-state index contributed by atoms with van der Waals surface area (Å²) in [5.41, 5.74) is 0.913. The van der Waals surface area contributed by atoms with Crippen LogP contribution < -0.4 is 4.74 Å². The van der Waals surface area contributed by atoms with Crippen LogP contribution in [0.1, 0.15) is 5.56 Å². The van der Waals surface area contributed by atoms with Crippen molar-refractivity contribution in [1.29, 1.82) is 0 Å². The van der Waals surface area contributed by atoms with E-state index in [-0.39, 0.29) is 6.61 Å². The van der Waals surface area contributed by atoms with Crippen molar-refractivity contribution in [2.24, 2.45) is 0 Å². The Morgan fingerprint density at radius 1 is 1.29 bits per heavy atom. The van der Waals surface area contributed by atoms with Gasteiger partial charge < -0.3 is 9.84 Å². The summed E-state index contributed by atoms with van der Waals surface area (Å²) in [6, 6.07) is 12.6. The summed E-state index contributed by atoms with van der Waals surface area (Å²) in [7, 11) is 1.62. The van der Waals surface area contributed by atoms with Gasteiger partial charge in [0.1, 0.15) is 5.75 Å². The maximum atomic E-state index is 8.96. The summed E-state index contributed by atoms with van der Waals surface area (Å²) in [6.07, 6.45) is 0. The molecule has 2 heteroatoms. The molecule has 0 aliphatic rings. The van der Waals surface area contributed by atoms with Crippen LogP contribution in [0.25, 0.3) is 10.8 Å². The number of benzene rings is 2. The van der Waals surface area contributed by atoms with Crippen molar-refractivity contribution >= 4 is 10.8 Å². The summed E-state index contributed by atoms with van der Waals surface area (Å²) in [5, 5.41) is 11.1. The fourth-order valence-corrected chi connectivity index (χ4v) is 1.43. The summed E-state index contributed by atoms with van der Waals surface area (Å²) in [5.74, 6) is 0.731. The van der Waals surface area contributed by atoms with Gasteiger partial charge in [-0.1, -0.05) is 12.1 Å². The number of aliphatic hydroxyl groups is 1. The molecule has 0 aliphatic carbocycles. The quantitative estimate of drug-likeness (QED) is 0.780. The molecule has 2 aromatic rings. The highest BCUT2D eigenvalue weighted by Gasteiger charge is 1.97. The molecule has 0 amide bonds. The lowest BCUT2D eigenvalue weighted by Gasteiger charge is -2.03. The van der Waals surface area contributed by atoms with Crippen LogP contribution in [0.3, 0.4) is 0 Å². The topological polar surface area (TPSA) is 29.5 Å². The van der Waals surface area contributed by atoms with E-state index < -0.39 is 0 Å². The molecule has 0 saturated heterocycles. The van der Waals surface area contributed by atoms with Crippen molar-refractivity contribution in [3.8, 4) is 5.75 Å². The molecule has 0 spiro atoms. The standard InChI is InChI=1S/C12H11O2/c1-14-12-5-4-10-6-9(8-13)2-3-11(10)7-12/h2-4,6-7,13H,8H2,1H3. The minimum absolute atomic E-state index is 0.0714. The highest BCUT2D eigenvalue weighted by Crippen LogP contribution is 2.21. The van der Waals surface area contributed by atoms with Gasteiger partial charge in [0.15, 0.2) is 0 Å². The zero-order valence-electron chi connectivity index (χ0n) is 7.95. The SMILES string of the molecule is COc1[c]cc2cc(CO)ccc2c1. The molecule has 0 heterocycles. The molecule has 0 bridgehead atoms. The Labute approximate surface area is 82.8 Å². The molecule has 0 unspecified atom stereocenters. The maximum absolute atomic E-state index is 8.96. The highest BCUT2D eigenvalue weighted by atomic mass is 16.5. The molecule has 0 saturated carbocycles. The molecule has 71 valence electrons. The van der Waals surface area contributed by atoms with Crippen LogP contribution in [0.2, 0.25) is 0 Å². The molecule has 1 radical (unpaired) electrons. The summed E-state index contributed by atoms with van der Waals surface area (Å²) >= 11 is 0. The number of rotatable bonds is 2. The Hall–Kier alpha value is -1.54. The van der Waals surface area contributed by atoms with E-state index in [0.717, 1.165) is 22.1 Å². The second-order valence-electron chi connectivity index (χ2n) is 3.12. The van der Waals surface area contributed by atoms with Crippen molar-refractivity contribution in [3.63, 3.8) is 0 Å². The number of fused-ring (bicyclic) bond motifs is 1. The molecule has 14 heavy (non-hydrogen) atoms. The Morgan fingerprint density at radius 2 is 2.14 bits per heavy atom. The molecule has 0 atom stereocenters. The lowest BCUT2D eigenvalue weighted by molar-refractivity contribution is 0.282. The van der Waals surface area contributed by atoms with E-state index >= 15 is 0 Å². The van der Waals surface area contributed by atoms with E-state index in [4.69, 9.17) is 9.84 Å². The molecule has 2 nitrogen and oxygen atoms in total. The molecule has 0 aliphatic heterocycles. The third-order valence-corrected chi connectivity index (χ3v) is 2.21. The lowest BCUT2D eigenvalue weighted by Crippen LogP contribution is -1.85. The van der Waals surface area contributed by atoms with Gasteiger partial charge >= 0.3 is 0 Å².